The van der Waals surface area contributed by atoms with Gasteiger partial charge in [-0.2, -0.15) is 0 Å². The summed E-state index contributed by atoms with van der Waals surface area (Å²) in [6, 6.07) is 5.85. The van der Waals surface area contributed by atoms with Crippen molar-refractivity contribution >= 4 is 41.3 Å². The van der Waals surface area contributed by atoms with Gasteiger partial charge in [-0.15, -0.1) is 35.3 Å². The van der Waals surface area contributed by atoms with Crippen LogP contribution >= 0.6 is 35.3 Å². The minimum Gasteiger partial charge on any atom is -0.493 e. The van der Waals surface area contributed by atoms with E-state index >= 15 is 0 Å². The Balaban J connectivity index is 0.00000338. The Morgan fingerprint density at radius 2 is 1.85 bits per heavy atom. The van der Waals surface area contributed by atoms with Gasteiger partial charge in [0.25, 0.3) is 0 Å². The van der Waals surface area contributed by atoms with Gasteiger partial charge < -0.3 is 20.1 Å². The third-order valence-electron chi connectivity index (χ3n) is 3.63. The summed E-state index contributed by atoms with van der Waals surface area (Å²) in [4.78, 5) is 8.87. The molecular weight excluding hydrogens is 463 g/mol. The number of methoxy groups -OCH3 is 2. The van der Waals surface area contributed by atoms with E-state index in [1.165, 1.54) is 0 Å². The molecule has 6 nitrogen and oxygen atoms in total. The average molecular weight is 490 g/mol. The van der Waals surface area contributed by atoms with E-state index in [9.17, 15) is 0 Å². The van der Waals surface area contributed by atoms with Gasteiger partial charge in [-0.1, -0.05) is 19.9 Å². The van der Waals surface area contributed by atoms with Crippen molar-refractivity contribution in [2.45, 2.75) is 32.9 Å². The number of halogens is 1. The molecule has 1 heterocycles. The van der Waals surface area contributed by atoms with Crippen LogP contribution in [0.15, 0.2) is 28.6 Å². The van der Waals surface area contributed by atoms with Crippen molar-refractivity contribution in [2.24, 2.45) is 4.99 Å². The Labute approximate surface area is 176 Å². The van der Waals surface area contributed by atoms with Gasteiger partial charge in [0.05, 0.1) is 31.5 Å². The Bertz CT molecular complexity index is 719. The summed E-state index contributed by atoms with van der Waals surface area (Å²) in [5, 5.41) is 9.82. The fourth-order valence-corrected chi connectivity index (χ4v) is 3.08. The molecule has 0 aliphatic rings. The van der Waals surface area contributed by atoms with Crippen molar-refractivity contribution in [3.8, 4) is 11.5 Å². The van der Waals surface area contributed by atoms with Gasteiger partial charge in [0.15, 0.2) is 17.5 Å². The molecule has 144 valence electrons. The molecule has 0 unspecified atom stereocenters. The zero-order valence-corrected chi connectivity index (χ0v) is 19.0. The molecule has 0 saturated carbocycles. The summed E-state index contributed by atoms with van der Waals surface area (Å²) in [6.45, 7) is 5.59. The molecule has 2 aromatic rings. The van der Waals surface area contributed by atoms with E-state index in [0.717, 1.165) is 28.0 Å². The first-order valence-corrected chi connectivity index (χ1v) is 9.05. The topological polar surface area (TPSA) is 67.8 Å². The van der Waals surface area contributed by atoms with Crippen LogP contribution in [-0.4, -0.2) is 32.2 Å². The molecule has 2 rings (SSSR count). The molecule has 0 aliphatic carbocycles. The first kappa shape index (κ1) is 22.5. The average Bonchev–Trinajstić information content (AvgIpc) is 3.11. The van der Waals surface area contributed by atoms with E-state index in [0.29, 0.717) is 24.8 Å². The van der Waals surface area contributed by atoms with Gasteiger partial charge in [-0.05, 0) is 17.7 Å². The predicted molar refractivity (Wildman–Crippen MR) is 118 cm³/mol. The highest BCUT2D eigenvalue weighted by atomic mass is 127. The van der Waals surface area contributed by atoms with E-state index < -0.39 is 0 Å². The van der Waals surface area contributed by atoms with Crippen molar-refractivity contribution < 1.29 is 9.47 Å². The lowest BCUT2D eigenvalue weighted by Gasteiger charge is -2.13. The molecular formula is C18H27IN4O2S. The second-order valence-corrected chi connectivity index (χ2v) is 6.69. The van der Waals surface area contributed by atoms with E-state index in [-0.39, 0.29) is 24.0 Å². The maximum atomic E-state index is 5.33. The number of ether oxygens (including phenoxy) is 2. The number of benzene rings is 1. The maximum absolute atomic E-state index is 5.33. The van der Waals surface area contributed by atoms with Gasteiger partial charge in [0.1, 0.15) is 0 Å². The van der Waals surface area contributed by atoms with Crippen molar-refractivity contribution in [3.05, 3.63) is 39.8 Å². The Morgan fingerprint density at radius 1 is 1.15 bits per heavy atom. The van der Waals surface area contributed by atoms with Crippen molar-refractivity contribution in [1.29, 1.82) is 0 Å². The first-order chi connectivity index (χ1) is 12.1. The van der Waals surface area contributed by atoms with E-state index in [2.05, 4.69) is 39.8 Å². The van der Waals surface area contributed by atoms with Gasteiger partial charge in [-0.25, -0.2) is 4.98 Å². The van der Waals surface area contributed by atoms with E-state index in [1.54, 1.807) is 32.6 Å². The maximum Gasteiger partial charge on any atom is 0.191 e. The summed E-state index contributed by atoms with van der Waals surface area (Å²) in [7, 11) is 5.02. The highest BCUT2D eigenvalue weighted by Crippen LogP contribution is 2.27. The van der Waals surface area contributed by atoms with Crippen LogP contribution in [0.5, 0.6) is 11.5 Å². The molecule has 0 aliphatic heterocycles. The van der Waals surface area contributed by atoms with Crippen LogP contribution in [0.1, 0.15) is 36.0 Å². The van der Waals surface area contributed by atoms with Crippen LogP contribution in [0.3, 0.4) is 0 Å². The number of hydrogen-bond donors (Lipinski definition) is 2. The molecule has 0 saturated heterocycles. The standard InChI is InChI=1S/C18H26N4O2S.HI/c1-12(2)17-22-14(11-25-17)10-21-18(19-3)20-9-13-6-7-15(23-4)16(8-13)24-5;/h6-8,11-12H,9-10H2,1-5H3,(H2,19,20,21);1H. The zero-order valence-electron chi connectivity index (χ0n) is 15.8. The summed E-state index contributed by atoms with van der Waals surface area (Å²) in [5.41, 5.74) is 2.11. The smallest absolute Gasteiger partial charge is 0.191 e. The third-order valence-corrected chi connectivity index (χ3v) is 4.83. The molecule has 0 spiro atoms. The highest BCUT2D eigenvalue weighted by Gasteiger charge is 2.07. The Morgan fingerprint density at radius 3 is 2.42 bits per heavy atom. The summed E-state index contributed by atoms with van der Waals surface area (Å²) in [6.07, 6.45) is 0. The molecule has 0 bridgehead atoms. The molecule has 0 atom stereocenters. The summed E-state index contributed by atoms with van der Waals surface area (Å²) in [5.74, 6) is 2.63. The largest absolute Gasteiger partial charge is 0.493 e. The summed E-state index contributed by atoms with van der Waals surface area (Å²) < 4.78 is 10.6. The normalized spacial score (nSPS) is 11.1. The molecule has 0 fully saturated rings. The van der Waals surface area contributed by atoms with Crippen LogP contribution in [0.2, 0.25) is 0 Å². The minimum atomic E-state index is 0. The number of guanidine groups is 1. The monoisotopic (exact) mass is 490 g/mol. The van der Waals surface area contributed by atoms with Crippen LogP contribution in [0.4, 0.5) is 0 Å². The number of aromatic nitrogens is 1. The fourth-order valence-electron chi connectivity index (χ4n) is 2.24. The molecule has 2 N–H and O–H groups in total. The quantitative estimate of drug-likeness (QED) is 0.352. The van der Waals surface area contributed by atoms with Gasteiger partial charge in [0.2, 0.25) is 0 Å². The number of aliphatic imine (C=N–C) groups is 1. The lowest BCUT2D eigenvalue weighted by Crippen LogP contribution is -2.36. The minimum absolute atomic E-state index is 0. The lowest BCUT2D eigenvalue weighted by atomic mass is 10.2. The lowest BCUT2D eigenvalue weighted by molar-refractivity contribution is 0.354. The molecule has 1 aromatic carbocycles. The Hall–Kier alpha value is -1.55. The van der Waals surface area contributed by atoms with Gasteiger partial charge >= 0.3 is 0 Å². The molecule has 8 heteroatoms. The van der Waals surface area contributed by atoms with Crippen LogP contribution in [0.25, 0.3) is 0 Å². The van der Waals surface area contributed by atoms with E-state index in [1.807, 2.05) is 18.2 Å². The third kappa shape index (κ3) is 6.31. The van der Waals surface area contributed by atoms with Crippen molar-refractivity contribution in [2.75, 3.05) is 21.3 Å². The van der Waals surface area contributed by atoms with Crippen molar-refractivity contribution in [1.82, 2.24) is 15.6 Å². The molecule has 1 aromatic heterocycles. The van der Waals surface area contributed by atoms with E-state index in [4.69, 9.17) is 9.47 Å². The number of thiazole rings is 1. The number of nitrogens with zero attached hydrogens (tertiary/aromatic N) is 2. The number of nitrogens with one attached hydrogen (secondary N) is 2. The predicted octanol–water partition coefficient (Wildman–Crippen LogP) is 3.77. The zero-order chi connectivity index (χ0) is 18.2. The number of rotatable bonds is 7. The molecule has 0 radical (unpaired) electrons. The fraction of sp³-hybridized carbons (Fsp3) is 0.444. The number of hydrogen-bond acceptors (Lipinski definition) is 5. The van der Waals surface area contributed by atoms with Crippen LogP contribution in [-0.2, 0) is 13.1 Å². The second kappa shape index (κ2) is 11.2. The SMILES string of the molecule is CN=C(NCc1ccc(OC)c(OC)c1)NCc1csc(C(C)C)n1.I. The first-order valence-electron chi connectivity index (χ1n) is 8.17. The van der Waals surface area contributed by atoms with Crippen molar-refractivity contribution in [3.63, 3.8) is 0 Å². The van der Waals surface area contributed by atoms with Crippen LogP contribution in [0, 0.1) is 0 Å². The summed E-state index contributed by atoms with van der Waals surface area (Å²) >= 11 is 1.70. The van der Waals surface area contributed by atoms with Crippen LogP contribution < -0.4 is 20.1 Å². The second-order valence-electron chi connectivity index (χ2n) is 5.80. The highest BCUT2D eigenvalue weighted by molar-refractivity contribution is 14.0. The van der Waals surface area contributed by atoms with Gasteiger partial charge in [0, 0.05) is 24.9 Å². The molecule has 26 heavy (non-hydrogen) atoms. The molecule has 0 amide bonds. The Kier molecular flexibility index (Phi) is 9.71. The van der Waals surface area contributed by atoms with Gasteiger partial charge in [-0.3, -0.25) is 4.99 Å².